The molecule has 4 aliphatic rings. The third-order valence-electron chi connectivity index (χ3n) is 10.5. The average molecular weight is 405 g/mol. The van der Waals surface area contributed by atoms with Crippen LogP contribution in [0.25, 0.3) is 0 Å². The molecule has 0 bridgehead atoms. The Kier molecular flexibility index (Phi) is 5.97. The highest BCUT2D eigenvalue weighted by Crippen LogP contribution is 2.67. The Labute approximate surface area is 178 Å². The SMILES string of the molecule is CC(C)C(=O)CCCC1CCC2C3CC(O)C4CC(O)CCC4(C)C3CCC12C. The van der Waals surface area contributed by atoms with Gasteiger partial charge in [0, 0.05) is 12.3 Å². The highest BCUT2D eigenvalue weighted by Gasteiger charge is 2.61. The molecular formula is C26H44O3. The van der Waals surface area contributed by atoms with E-state index in [2.05, 4.69) is 13.8 Å². The van der Waals surface area contributed by atoms with E-state index >= 15 is 0 Å². The van der Waals surface area contributed by atoms with Crippen LogP contribution in [0.3, 0.4) is 0 Å². The summed E-state index contributed by atoms with van der Waals surface area (Å²) in [7, 11) is 0. The first-order valence-electron chi connectivity index (χ1n) is 12.6. The lowest BCUT2D eigenvalue weighted by atomic mass is 9.44. The summed E-state index contributed by atoms with van der Waals surface area (Å²) in [6.07, 6.45) is 11.6. The molecule has 2 N–H and O–H groups in total. The van der Waals surface area contributed by atoms with Gasteiger partial charge in [-0.3, -0.25) is 4.79 Å². The Morgan fingerprint density at radius 1 is 0.931 bits per heavy atom. The van der Waals surface area contributed by atoms with Crippen LogP contribution in [0.4, 0.5) is 0 Å². The molecule has 9 atom stereocenters. The van der Waals surface area contributed by atoms with Crippen LogP contribution in [0.15, 0.2) is 0 Å². The van der Waals surface area contributed by atoms with Crippen LogP contribution in [-0.2, 0) is 4.79 Å². The van der Waals surface area contributed by atoms with Crippen molar-refractivity contribution in [3.8, 4) is 0 Å². The third kappa shape index (κ3) is 3.63. The molecule has 4 aliphatic carbocycles. The largest absolute Gasteiger partial charge is 0.393 e. The van der Waals surface area contributed by atoms with E-state index in [1.54, 1.807) is 0 Å². The van der Waals surface area contributed by atoms with Gasteiger partial charge in [-0.05, 0) is 105 Å². The molecule has 3 heteroatoms. The van der Waals surface area contributed by atoms with Crippen LogP contribution in [0.5, 0.6) is 0 Å². The molecule has 29 heavy (non-hydrogen) atoms. The lowest BCUT2D eigenvalue weighted by Gasteiger charge is -2.62. The van der Waals surface area contributed by atoms with Gasteiger partial charge in [-0.25, -0.2) is 0 Å². The molecule has 0 aromatic carbocycles. The number of aliphatic hydroxyl groups is 2. The minimum atomic E-state index is -0.235. The summed E-state index contributed by atoms with van der Waals surface area (Å²) in [5, 5.41) is 21.3. The summed E-state index contributed by atoms with van der Waals surface area (Å²) in [5.41, 5.74) is 0.615. The first-order valence-corrected chi connectivity index (χ1v) is 12.6. The molecule has 0 aromatic heterocycles. The van der Waals surface area contributed by atoms with Crippen molar-refractivity contribution < 1.29 is 15.0 Å². The van der Waals surface area contributed by atoms with Gasteiger partial charge in [0.05, 0.1) is 12.2 Å². The second-order valence-electron chi connectivity index (χ2n) is 12.1. The number of hydrogen-bond donors (Lipinski definition) is 2. The van der Waals surface area contributed by atoms with Gasteiger partial charge in [-0.2, -0.15) is 0 Å². The minimum absolute atomic E-state index is 0.170. The number of fused-ring (bicyclic) bond motifs is 5. The predicted octanol–water partition coefficient (Wildman–Crippen LogP) is 5.37. The zero-order chi connectivity index (χ0) is 21.0. The molecular weight excluding hydrogens is 360 g/mol. The number of aliphatic hydroxyl groups excluding tert-OH is 2. The summed E-state index contributed by atoms with van der Waals surface area (Å²) < 4.78 is 0. The molecule has 4 rings (SSSR count). The Balaban J connectivity index is 1.46. The maximum absolute atomic E-state index is 12.0. The van der Waals surface area contributed by atoms with Gasteiger partial charge < -0.3 is 10.2 Å². The molecule has 0 aliphatic heterocycles. The van der Waals surface area contributed by atoms with Crippen molar-refractivity contribution in [3.05, 3.63) is 0 Å². The second-order valence-corrected chi connectivity index (χ2v) is 12.1. The molecule has 4 fully saturated rings. The smallest absolute Gasteiger partial charge is 0.135 e. The van der Waals surface area contributed by atoms with Crippen molar-refractivity contribution in [3.63, 3.8) is 0 Å². The van der Waals surface area contributed by atoms with Gasteiger partial charge in [-0.15, -0.1) is 0 Å². The molecule has 9 unspecified atom stereocenters. The summed E-state index contributed by atoms with van der Waals surface area (Å²) in [6, 6.07) is 0. The lowest BCUT2D eigenvalue weighted by molar-refractivity contribution is -0.171. The topological polar surface area (TPSA) is 57.5 Å². The molecule has 0 radical (unpaired) electrons. The summed E-state index contributed by atoms with van der Waals surface area (Å²) in [5.74, 6) is 3.75. The fourth-order valence-electron chi connectivity index (χ4n) is 8.67. The van der Waals surface area contributed by atoms with E-state index in [-0.39, 0.29) is 29.5 Å². The molecule has 0 saturated heterocycles. The Hall–Kier alpha value is -0.410. The summed E-state index contributed by atoms with van der Waals surface area (Å²) in [4.78, 5) is 12.0. The van der Waals surface area contributed by atoms with Gasteiger partial charge in [0.1, 0.15) is 5.78 Å². The quantitative estimate of drug-likeness (QED) is 0.647. The fourth-order valence-corrected chi connectivity index (χ4v) is 8.67. The van der Waals surface area contributed by atoms with E-state index < -0.39 is 0 Å². The molecule has 0 spiro atoms. The molecule has 0 heterocycles. The standard InChI is InChI=1S/C26H44O3/c1-16(2)23(28)7-5-6-17-8-9-20-19-15-24(29)22-14-18(27)10-12-26(22,4)21(19)11-13-25(17,20)3/h16-22,24,27,29H,5-15H2,1-4H3. The van der Waals surface area contributed by atoms with Gasteiger partial charge in [0.2, 0.25) is 0 Å². The van der Waals surface area contributed by atoms with E-state index in [1.807, 2.05) is 13.8 Å². The van der Waals surface area contributed by atoms with Crippen molar-refractivity contribution in [1.82, 2.24) is 0 Å². The van der Waals surface area contributed by atoms with Crippen LogP contribution in [0.2, 0.25) is 0 Å². The van der Waals surface area contributed by atoms with E-state index in [0.717, 1.165) is 56.3 Å². The summed E-state index contributed by atoms with van der Waals surface area (Å²) in [6.45, 7) is 9.02. The molecule has 0 aromatic rings. The first-order chi connectivity index (χ1) is 13.7. The number of carbonyl (C=O) groups excluding carboxylic acids is 1. The van der Waals surface area contributed by atoms with Gasteiger partial charge in [0.25, 0.3) is 0 Å². The minimum Gasteiger partial charge on any atom is -0.393 e. The molecule has 4 saturated carbocycles. The van der Waals surface area contributed by atoms with Gasteiger partial charge >= 0.3 is 0 Å². The molecule has 3 nitrogen and oxygen atoms in total. The summed E-state index contributed by atoms with van der Waals surface area (Å²) >= 11 is 0. The van der Waals surface area contributed by atoms with Crippen LogP contribution >= 0.6 is 0 Å². The maximum atomic E-state index is 12.0. The Morgan fingerprint density at radius 3 is 2.34 bits per heavy atom. The third-order valence-corrected chi connectivity index (χ3v) is 10.5. The second kappa shape index (κ2) is 7.93. The van der Waals surface area contributed by atoms with E-state index in [1.165, 1.54) is 32.1 Å². The lowest BCUT2D eigenvalue weighted by Crippen LogP contribution is -2.58. The number of carbonyl (C=O) groups is 1. The molecule has 0 amide bonds. The zero-order valence-corrected chi connectivity index (χ0v) is 19.2. The number of rotatable bonds is 5. The van der Waals surface area contributed by atoms with Gasteiger partial charge in [-0.1, -0.05) is 27.7 Å². The van der Waals surface area contributed by atoms with Crippen LogP contribution in [-0.4, -0.2) is 28.2 Å². The van der Waals surface area contributed by atoms with E-state index in [4.69, 9.17) is 0 Å². The van der Waals surface area contributed by atoms with Gasteiger partial charge in [0.15, 0.2) is 0 Å². The van der Waals surface area contributed by atoms with Crippen molar-refractivity contribution in [1.29, 1.82) is 0 Å². The van der Waals surface area contributed by atoms with Crippen LogP contribution in [0.1, 0.15) is 98.3 Å². The van der Waals surface area contributed by atoms with Crippen molar-refractivity contribution in [2.75, 3.05) is 0 Å². The van der Waals surface area contributed by atoms with Crippen LogP contribution < -0.4 is 0 Å². The Bertz CT molecular complexity index is 615. The zero-order valence-electron chi connectivity index (χ0n) is 19.2. The first kappa shape index (κ1) is 21.8. The highest BCUT2D eigenvalue weighted by molar-refractivity contribution is 5.80. The van der Waals surface area contributed by atoms with E-state index in [0.29, 0.717) is 17.1 Å². The Morgan fingerprint density at radius 2 is 1.62 bits per heavy atom. The fraction of sp³-hybridized carbons (Fsp3) is 0.962. The number of ketones is 1. The van der Waals surface area contributed by atoms with E-state index in [9.17, 15) is 15.0 Å². The van der Waals surface area contributed by atoms with Crippen LogP contribution in [0, 0.1) is 46.3 Å². The van der Waals surface area contributed by atoms with Crippen molar-refractivity contribution in [2.45, 2.75) is 111 Å². The predicted molar refractivity (Wildman–Crippen MR) is 116 cm³/mol. The number of hydrogen-bond acceptors (Lipinski definition) is 3. The molecule has 166 valence electrons. The number of Topliss-reactive ketones (excluding diaryl/α,β-unsaturated/α-hetero) is 1. The highest BCUT2D eigenvalue weighted by atomic mass is 16.3. The normalized spacial score (nSPS) is 49.4. The van der Waals surface area contributed by atoms with Crippen molar-refractivity contribution >= 4 is 5.78 Å². The monoisotopic (exact) mass is 404 g/mol. The average Bonchev–Trinajstić information content (AvgIpc) is 3.00. The van der Waals surface area contributed by atoms with Crippen molar-refractivity contribution in [2.24, 2.45) is 46.3 Å². The maximum Gasteiger partial charge on any atom is 0.135 e.